The Labute approximate surface area is 147 Å². The highest BCUT2D eigenvalue weighted by Gasteiger charge is 2.17. The number of aromatic amines is 1. The first-order valence-corrected chi connectivity index (χ1v) is 8.54. The highest BCUT2D eigenvalue weighted by Crippen LogP contribution is 2.14. The number of carbonyl (C=O) groups excluding carboxylic acids is 1. The number of aryl methyl sites for hydroxylation is 1. The maximum Gasteiger partial charge on any atom is 0.316 e. The van der Waals surface area contributed by atoms with Crippen LogP contribution in [0.1, 0.15) is 16.1 Å². The Hall–Kier alpha value is -2.60. The molecule has 2 N–H and O–H groups in total. The molecule has 1 amide bonds. The fourth-order valence-corrected chi connectivity index (χ4v) is 2.67. The van der Waals surface area contributed by atoms with Crippen LogP contribution in [-0.4, -0.2) is 45.4 Å². The van der Waals surface area contributed by atoms with E-state index in [9.17, 15) is 4.79 Å². The highest BCUT2D eigenvalue weighted by atomic mass is 16.5. The van der Waals surface area contributed by atoms with Crippen molar-refractivity contribution in [3.8, 4) is 5.75 Å². The smallest absolute Gasteiger partial charge is 0.316 e. The van der Waals surface area contributed by atoms with Crippen LogP contribution in [0.25, 0.3) is 0 Å². The molecule has 0 atom stereocenters. The minimum Gasteiger partial charge on any atom is -0.492 e. The molecule has 1 fully saturated rings. The van der Waals surface area contributed by atoms with Crippen molar-refractivity contribution >= 4 is 11.6 Å². The van der Waals surface area contributed by atoms with Crippen LogP contribution in [0.5, 0.6) is 5.75 Å². The van der Waals surface area contributed by atoms with Crippen molar-refractivity contribution in [3.05, 3.63) is 53.9 Å². The number of aromatic nitrogens is 1. The molecule has 1 aromatic heterocycles. The zero-order chi connectivity index (χ0) is 17.5. The number of carbonyl (C=O) groups is 1. The third kappa shape index (κ3) is 4.93. The van der Waals surface area contributed by atoms with Gasteiger partial charge in [-0.25, -0.2) is 4.98 Å². The van der Waals surface area contributed by atoms with Crippen molar-refractivity contribution in [1.29, 1.82) is 0 Å². The number of pyridine rings is 1. The molecule has 6 nitrogen and oxygen atoms in total. The molecule has 1 saturated heterocycles. The van der Waals surface area contributed by atoms with Crippen LogP contribution < -0.4 is 19.9 Å². The van der Waals surface area contributed by atoms with E-state index < -0.39 is 0 Å². The second-order valence-electron chi connectivity index (χ2n) is 5.98. The molecule has 0 unspecified atom stereocenters. The molecule has 1 aliphatic heterocycles. The Bertz CT molecular complexity index is 697. The average Bonchev–Trinajstić information content (AvgIpc) is 2.67. The Balaban J connectivity index is 1.48. The van der Waals surface area contributed by atoms with E-state index >= 15 is 0 Å². The third-order valence-electron chi connectivity index (χ3n) is 4.08. The van der Waals surface area contributed by atoms with Gasteiger partial charge in [0.25, 0.3) is 5.69 Å². The normalized spacial score (nSPS) is 14.2. The number of hydrogen-bond donors (Lipinski definition) is 1. The fraction of sp³-hybridized carbons (Fsp3) is 0.368. The topological polar surface area (TPSA) is 64.9 Å². The summed E-state index contributed by atoms with van der Waals surface area (Å²) >= 11 is 0. The quantitative estimate of drug-likeness (QED) is 0.807. The molecule has 0 saturated carbocycles. The number of rotatable bonds is 6. The summed E-state index contributed by atoms with van der Waals surface area (Å²) < 4.78 is 11.0. The Morgan fingerprint density at radius 2 is 2.00 bits per heavy atom. The molecule has 25 heavy (non-hydrogen) atoms. The van der Waals surface area contributed by atoms with Crippen molar-refractivity contribution in [2.24, 2.45) is 0 Å². The van der Waals surface area contributed by atoms with Gasteiger partial charge >= 0.3 is 5.91 Å². The molecule has 6 heteroatoms. The molecule has 132 valence electrons. The lowest BCUT2D eigenvalue weighted by Gasteiger charge is -2.28. The van der Waals surface area contributed by atoms with Gasteiger partial charge < -0.3 is 19.7 Å². The standard InChI is InChI=1S/C19H23N3O3/c1-15-2-4-17(5-3-15)25-11-8-21-19(23)18-14-16(6-7-20-18)22-9-12-24-13-10-22/h2-7,14H,8-13H2,1H3,(H,21,23)/p+1. The van der Waals surface area contributed by atoms with Crippen molar-refractivity contribution in [2.75, 3.05) is 44.4 Å². The minimum absolute atomic E-state index is 0.136. The van der Waals surface area contributed by atoms with Gasteiger partial charge in [0.05, 0.1) is 19.8 Å². The van der Waals surface area contributed by atoms with Crippen LogP contribution in [0, 0.1) is 6.92 Å². The maximum atomic E-state index is 12.3. The lowest BCUT2D eigenvalue weighted by molar-refractivity contribution is -0.382. The van der Waals surface area contributed by atoms with E-state index in [1.54, 1.807) is 6.20 Å². The predicted octanol–water partition coefficient (Wildman–Crippen LogP) is 1.45. The summed E-state index contributed by atoms with van der Waals surface area (Å²) in [5.41, 5.74) is 2.76. The van der Waals surface area contributed by atoms with Gasteiger partial charge in [-0.1, -0.05) is 17.7 Å². The molecule has 0 spiro atoms. The molecular weight excluding hydrogens is 318 g/mol. The van der Waals surface area contributed by atoms with E-state index in [1.807, 2.05) is 43.3 Å². The second kappa shape index (κ2) is 8.48. The van der Waals surface area contributed by atoms with Gasteiger partial charge in [0.15, 0.2) is 6.20 Å². The van der Waals surface area contributed by atoms with E-state index in [1.165, 1.54) is 5.56 Å². The lowest BCUT2D eigenvalue weighted by atomic mass is 10.2. The first-order chi connectivity index (χ1) is 12.2. The SMILES string of the molecule is Cc1ccc(OCCNC(=O)c2cc(N3CCOCC3)cc[nH+]2)cc1. The molecule has 1 aliphatic rings. The molecule has 0 bridgehead atoms. The van der Waals surface area contributed by atoms with Gasteiger partial charge in [0.2, 0.25) is 0 Å². The Morgan fingerprint density at radius 1 is 1.24 bits per heavy atom. The zero-order valence-corrected chi connectivity index (χ0v) is 14.5. The average molecular weight is 342 g/mol. The monoisotopic (exact) mass is 342 g/mol. The zero-order valence-electron chi connectivity index (χ0n) is 14.5. The van der Waals surface area contributed by atoms with Crippen LogP contribution in [-0.2, 0) is 4.74 Å². The van der Waals surface area contributed by atoms with Crippen molar-refractivity contribution in [2.45, 2.75) is 6.92 Å². The van der Waals surface area contributed by atoms with Crippen molar-refractivity contribution in [1.82, 2.24) is 5.32 Å². The number of anilines is 1. The highest BCUT2D eigenvalue weighted by molar-refractivity contribution is 5.91. The first kappa shape index (κ1) is 17.2. The van der Waals surface area contributed by atoms with Crippen LogP contribution in [0.15, 0.2) is 42.6 Å². The van der Waals surface area contributed by atoms with Gasteiger partial charge in [0.1, 0.15) is 12.4 Å². The lowest BCUT2D eigenvalue weighted by Crippen LogP contribution is -2.37. The number of amides is 1. The number of nitrogens with zero attached hydrogens (tertiary/aromatic N) is 1. The number of benzene rings is 1. The summed E-state index contributed by atoms with van der Waals surface area (Å²) in [5.74, 6) is 0.670. The summed E-state index contributed by atoms with van der Waals surface area (Å²) in [6.07, 6.45) is 1.79. The summed E-state index contributed by atoms with van der Waals surface area (Å²) in [6.45, 7) is 6.03. The Morgan fingerprint density at radius 3 is 2.76 bits per heavy atom. The number of H-pyrrole nitrogens is 1. The molecule has 3 rings (SSSR count). The van der Waals surface area contributed by atoms with Crippen LogP contribution >= 0.6 is 0 Å². The van der Waals surface area contributed by atoms with E-state index in [0.29, 0.717) is 18.8 Å². The molecule has 2 aromatic rings. The molecule has 1 aromatic carbocycles. The van der Waals surface area contributed by atoms with E-state index in [4.69, 9.17) is 9.47 Å². The summed E-state index contributed by atoms with van der Waals surface area (Å²) in [6, 6.07) is 11.7. The summed E-state index contributed by atoms with van der Waals surface area (Å²) in [4.78, 5) is 17.5. The largest absolute Gasteiger partial charge is 0.492 e. The van der Waals surface area contributed by atoms with E-state index in [-0.39, 0.29) is 5.91 Å². The van der Waals surface area contributed by atoms with Gasteiger partial charge in [-0.2, -0.15) is 0 Å². The van der Waals surface area contributed by atoms with E-state index in [0.717, 1.165) is 37.7 Å². The van der Waals surface area contributed by atoms with Crippen molar-refractivity contribution in [3.63, 3.8) is 0 Å². The van der Waals surface area contributed by atoms with Gasteiger partial charge in [-0.15, -0.1) is 0 Å². The summed E-state index contributed by atoms with van der Waals surface area (Å²) in [5, 5.41) is 2.87. The molecular formula is C19H24N3O3+. The molecule has 2 heterocycles. The van der Waals surface area contributed by atoms with Crippen LogP contribution in [0.2, 0.25) is 0 Å². The number of nitrogens with one attached hydrogen (secondary N) is 2. The van der Waals surface area contributed by atoms with Gasteiger partial charge in [-0.3, -0.25) is 4.79 Å². The number of morpholine rings is 1. The molecule has 0 radical (unpaired) electrons. The number of ether oxygens (including phenoxy) is 2. The second-order valence-corrected chi connectivity index (χ2v) is 5.98. The van der Waals surface area contributed by atoms with Crippen molar-refractivity contribution < 1.29 is 19.3 Å². The van der Waals surface area contributed by atoms with E-state index in [2.05, 4.69) is 15.2 Å². The van der Waals surface area contributed by atoms with Gasteiger partial charge in [-0.05, 0) is 19.1 Å². The van der Waals surface area contributed by atoms with Crippen LogP contribution in [0.4, 0.5) is 5.69 Å². The summed E-state index contributed by atoms with van der Waals surface area (Å²) in [7, 11) is 0. The van der Waals surface area contributed by atoms with Gasteiger partial charge in [0, 0.05) is 30.9 Å². The Kier molecular flexibility index (Phi) is 5.85. The number of hydrogen-bond acceptors (Lipinski definition) is 4. The minimum atomic E-state index is -0.136. The maximum absolute atomic E-state index is 12.3. The van der Waals surface area contributed by atoms with Crippen LogP contribution in [0.3, 0.4) is 0 Å². The predicted molar refractivity (Wildman–Crippen MR) is 95.0 cm³/mol. The first-order valence-electron chi connectivity index (χ1n) is 8.54. The fourth-order valence-electron chi connectivity index (χ4n) is 2.67. The third-order valence-corrected chi connectivity index (χ3v) is 4.08. The molecule has 0 aliphatic carbocycles.